The Labute approximate surface area is 110 Å². The number of amides is 3. The van der Waals surface area contributed by atoms with E-state index in [0.717, 1.165) is 12.2 Å². The average molecular weight is 277 g/mol. The van der Waals surface area contributed by atoms with Crippen molar-refractivity contribution in [3.63, 3.8) is 0 Å². The summed E-state index contributed by atoms with van der Waals surface area (Å²) in [6.07, 6.45) is 2.88. The number of carbonyl (C=O) groups is 3. The molecule has 0 atom stereocenters. The summed E-state index contributed by atoms with van der Waals surface area (Å²) in [4.78, 5) is 34.3. The van der Waals surface area contributed by atoms with Crippen molar-refractivity contribution in [2.24, 2.45) is 0 Å². The van der Waals surface area contributed by atoms with Crippen LogP contribution in [0.2, 0.25) is 0 Å². The lowest BCUT2D eigenvalue weighted by atomic mass is 10.4. The number of carboxylic acids is 1. The minimum atomic E-state index is -1.12. The number of urea groups is 1. The Bertz CT molecular complexity index is 299. The summed E-state index contributed by atoms with van der Waals surface area (Å²) in [6, 6.07) is -0.346. The maximum atomic E-state index is 11.5. The predicted molar refractivity (Wildman–Crippen MR) is 69.7 cm³/mol. The number of hydrogen-bond acceptors (Lipinski definition) is 4. The maximum Gasteiger partial charge on any atom is 0.322 e. The number of aliphatic carboxylic acids is 1. The Morgan fingerprint density at radius 1 is 1.22 bits per heavy atom. The van der Waals surface area contributed by atoms with Crippen LogP contribution in [0.5, 0.6) is 0 Å². The van der Waals surface area contributed by atoms with Crippen LogP contribution >= 0.6 is 11.8 Å². The van der Waals surface area contributed by atoms with E-state index in [-0.39, 0.29) is 12.6 Å². The van der Waals surface area contributed by atoms with Crippen LogP contribution in [0.25, 0.3) is 0 Å². The van der Waals surface area contributed by atoms with Gasteiger partial charge in [0.1, 0.15) is 6.54 Å². The molecular weight excluding hydrogens is 258 g/mol. The molecule has 0 heterocycles. The highest BCUT2D eigenvalue weighted by Gasteiger charge is 2.10. The summed E-state index contributed by atoms with van der Waals surface area (Å²) in [6.45, 7) is -0.0549. The maximum absolute atomic E-state index is 11.5. The van der Waals surface area contributed by atoms with Crippen molar-refractivity contribution in [1.29, 1.82) is 0 Å². The molecule has 0 aromatic rings. The monoisotopic (exact) mass is 277 g/mol. The van der Waals surface area contributed by atoms with Crippen LogP contribution < -0.4 is 10.6 Å². The molecule has 0 radical (unpaired) electrons. The van der Waals surface area contributed by atoms with E-state index in [1.165, 1.54) is 4.90 Å². The van der Waals surface area contributed by atoms with Crippen LogP contribution in [0.3, 0.4) is 0 Å². The van der Waals surface area contributed by atoms with Crippen molar-refractivity contribution in [3.8, 4) is 0 Å². The van der Waals surface area contributed by atoms with Gasteiger partial charge >= 0.3 is 12.0 Å². The summed E-state index contributed by atoms with van der Waals surface area (Å²) < 4.78 is 0. The number of nitrogens with zero attached hydrogens (tertiary/aromatic N) is 1. The second-order valence-corrected chi connectivity index (χ2v) is 4.58. The molecule has 18 heavy (non-hydrogen) atoms. The normalized spacial score (nSPS) is 9.67. The SMILES string of the molecule is CSCCCN(C)C(=O)NCC(=O)NCC(=O)O. The van der Waals surface area contributed by atoms with E-state index in [4.69, 9.17) is 5.11 Å². The Hall–Kier alpha value is -1.44. The topological polar surface area (TPSA) is 98.7 Å². The molecule has 104 valence electrons. The number of nitrogens with one attached hydrogen (secondary N) is 2. The van der Waals surface area contributed by atoms with Gasteiger partial charge in [0.15, 0.2) is 0 Å². The molecule has 3 N–H and O–H groups in total. The molecule has 0 spiro atoms. The zero-order chi connectivity index (χ0) is 14.0. The largest absolute Gasteiger partial charge is 0.480 e. The van der Waals surface area contributed by atoms with Gasteiger partial charge in [-0.2, -0.15) is 11.8 Å². The molecule has 0 unspecified atom stereocenters. The molecular formula is C10H19N3O4S. The Kier molecular flexibility index (Phi) is 8.81. The van der Waals surface area contributed by atoms with Crippen molar-refractivity contribution in [3.05, 3.63) is 0 Å². The quantitative estimate of drug-likeness (QED) is 0.523. The third kappa shape index (κ3) is 8.68. The third-order valence-corrected chi connectivity index (χ3v) is 2.72. The van der Waals surface area contributed by atoms with Crippen LogP contribution in [0.15, 0.2) is 0 Å². The first-order valence-corrected chi connectivity index (χ1v) is 6.83. The third-order valence-electron chi connectivity index (χ3n) is 2.03. The van der Waals surface area contributed by atoms with Gasteiger partial charge in [0.2, 0.25) is 5.91 Å². The van der Waals surface area contributed by atoms with Gasteiger partial charge in [0, 0.05) is 13.6 Å². The molecule has 0 saturated heterocycles. The Morgan fingerprint density at radius 3 is 2.44 bits per heavy atom. The average Bonchev–Trinajstić information content (AvgIpc) is 2.33. The van der Waals surface area contributed by atoms with E-state index in [2.05, 4.69) is 10.6 Å². The lowest BCUT2D eigenvalue weighted by Gasteiger charge is -2.17. The summed E-state index contributed by atoms with van der Waals surface area (Å²) in [5.41, 5.74) is 0. The van der Waals surface area contributed by atoms with E-state index >= 15 is 0 Å². The first kappa shape index (κ1) is 16.6. The van der Waals surface area contributed by atoms with E-state index in [1.807, 2.05) is 6.26 Å². The molecule has 0 bridgehead atoms. The summed E-state index contributed by atoms with van der Waals surface area (Å²) in [7, 11) is 1.64. The molecule has 3 amide bonds. The fourth-order valence-corrected chi connectivity index (χ4v) is 1.49. The summed E-state index contributed by atoms with van der Waals surface area (Å²) in [5.74, 6) is -0.677. The van der Waals surface area contributed by atoms with Crippen LogP contribution in [0.1, 0.15) is 6.42 Å². The van der Waals surface area contributed by atoms with E-state index in [0.29, 0.717) is 6.54 Å². The number of carbonyl (C=O) groups excluding carboxylic acids is 2. The van der Waals surface area contributed by atoms with Gasteiger partial charge in [-0.1, -0.05) is 0 Å². The van der Waals surface area contributed by atoms with Crippen LogP contribution in [-0.4, -0.2) is 66.6 Å². The lowest BCUT2D eigenvalue weighted by Crippen LogP contribution is -2.44. The molecule has 0 aliphatic heterocycles. The molecule has 0 aromatic heterocycles. The molecule has 0 rings (SSSR count). The van der Waals surface area contributed by atoms with Crippen molar-refractivity contribution >= 4 is 29.7 Å². The van der Waals surface area contributed by atoms with E-state index < -0.39 is 18.4 Å². The van der Waals surface area contributed by atoms with Gasteiger partial charge in [-0.05, 0) is 18.4 Å². The van der Waals surface area contributed by atoms with Crippen LogP contribution in [-0.2, 0) is 9.59 Å². The Balaban J connectivity index is 3.74. The van der Waals surface area contributed by atoms with E-state index in [1.54, 1.807) is 18.8 Å². The number of hydrogen-bond donors (Lipinski definition) is 3. The molecule has 0 saturated carbocycles. The first-order valence-electron chi connectivity index (χ1n) is 5.43. The highest BCUT2D eigenvalue weighted by Crippen LogP contribution is 1.97. The fourth-order valence-electron chi connectivity index (χ4n) is 1.08. The fraction of sp³-hybridized carbons (Fsp3) is 0.700. The van der Waals surface area contributed by atoms with E-state index in [9.17, 15) is 14.4 Å². The standard InChI is InChI=1S/C10H19N3O4S/c1-13(4-3-5-18-2)10(17)12-6-8(14)11-7-9(15)16/h3-7H2,1-2H3,(H,11,14)(H,12,17)(H,15,16). The second-order valence-electron chi connectivity index (χ2n) is 3.60. The van der Waals surface area contributed by atoms with Crippen LogP contribution in [0, 0.1) is 0 Å². The van der Waals surface area contributed by atoms with Crippen molar-refractivity contribution < 1.29 is 19.5 Å². The number of carboxylic acid groups (broad SMARTS) is 1. The minimum Gasteiger partial charge on any atom is -0.480 e. The van der Waals surface area contributed by atoms with Crippen LogP contribution in [0.4, 0.5) is 4.79 Å². The van der Waals surface area contributed by atoms with Gasteiger partial charge in [-0.3, -0.25) is 9.59 Å². The predicted octanol–water partition coefficient (Wildman–Crippen LogP) is -0.418. The van der Waals surface area contributed by atoms with Gasteiger partial charge in [-0.15, -0.1) is 0 Å². The summed E-state index contributed by atoms with van der Waals surface area (Å²) in [5, 5.41) is 12.9. The zero-order valence-electron chi connectivity index (χ0n) is 10.6. The van der Waals surface area contributed by atoms with Gasteiger partial charge in [0.25, 0.3) is 0 Å². The molecule has 8 heteroatoms. The highest BCUT2D eigenvalue weighted by atomic mass is 32.2. The van der Waals surface area contributed by atoms with Crippen molar-refractivity contribution in [2.75, 3.05) is 38.7 Å². The molecule has 7 nitrogen and oxygen atoms in total. The molecule has 0 fully saturated rings. The molecule has 0 aliphatic carbocycles. The van der Waals surface area contributed by atoms with Gasteiger partial charge in [-0.25, -0.2) is 4.79 Å². The Morgan fingerprint density at radius 2 is 1.89 bits per heavy atom. The highest BCUT2D eigenvalue weighted by molar-refractivity contribution is 7.98. The van der Waals surface area contributed by atoms with Gasteiger partial charge in [0.05, 0.1) is 6.54 Å². The molecule has 0 aliphatic rings. The zero-order valence-corrected chi connectivity index (χ0v) is 11.4. The smallest absolute Gasteiger partial charge is 0.322 e. The summed E-state index contributed by atoms with van der Waals surface area (Å²) >= 11 is 1.70. The molecule has 0 aromatic carbocycles. The van der Waals surface area contributed by atoms with Gasteiger partial charge < -0.3 is 20.6 Å². The first-order chi connectivity index (χ1) is 8.47. The number of rotatable bonds is 8. The second kappa shape index (κ2) is 9.58. The van der Waals surface area contributed by atoms with Crippen molar-refractivity contribution in [1.82, 2.24) is 15.5 Å². The number of thioether (sulfide) groups is 1. The minimum absolute atomic E-state index is 0.223. The lowest BCUT2D eigenvalue weighted by molar-refractivity contribution is -0.137. The van der Waals surface area contributed by atoms with Crippen molar-refractivity contribution in [2.45, 2.75) is 6.42 Å².